The number of pyridine rings is 1. The van der Waals surface area contributed by atoms with Gasteiger partial charge in [0.25, 0.3) is 5.91 Å². The van der Waals surface area contributed by atoms with E-state index in [0.717, 1.165) is 22.5 Å². The van der Waals surface area contributed by atoms with Crippen molar-refractivity contribution in [1.82, 2.24) is 24.8 Å². The molecule has 38 heavy (non-hydrogen) atoms. The Kier molecular flexibility index (Phi) is 7.15. The largest absolute Gasteiger partial charge is 0.384 e. The average Bonchev–Trinajstić information content (AvgIpc) is 3.27. The maximum absolute atomic E-state index is 15.4. The first-order valence-corrected chi connectivity index (χ1v) is 14.6. The molecule has 9 nitrogen and oxygen atoms in total. The molecule has 4 heterocycles. The number of sulfone groups is 1. The lowest BCUT2D eigenvalue weighted by Crippen LogP contribution is -2.52. The molecule has 0 spiro atoms. The number of carbonyl (C=O) groups is 1. The Balaban J connectivity index is 1.38. The van der Waals surface area contributed by atoms with E-state index in [1.807, 2.05) is 19.9 Å². The highest BCUT2D eigenvalue weighted by Crippen LogP contribution is 2.35. The van der Waals surface area contributed by atoms with Gasteiger partial charge < -0.3 is 10.6 Å². The van der Waals surface area contributed by atoms with Crippen LogP contribution in [0, 0.1) is 12.7 Å². The summed E-state index contributed by atoms with van der Waals surface area (Å²) in [5, 5.41) is 0. The topological polar surface area (TPSA) is 122 Å². The maximum Gasteiger partial charge on any atom is 0.256 e. The zero-order valence-corrected chi connectivity index (χ0v) is 22.3. The first-order chi connectivity index (χ1) is 18.2. The van der Waals surface area contributed by atoms with Gasteiger partial charge in [-0.2, -0.15) is 0 Å². The minimum atomic E-state index is -2.97. The van der Waals surface area contributed by atoms with E-state index in [4.69, 9.17) is 5.73 Å². The van der Waals surface area contributed by atoms with Crippen molar-refractivity contribution in [2.75, 3.05) is 43.4 Å². The molecule has 2 saturated heterocycles. The van der Waals surface area contributed by atoms with E-state index < -0.39 is 15.7 Å². The summed E-state index contributed by atoms with van der Waals surface area (Å²) in [7, 11) is -2.97. The number of aromatic nitrogens is 3. The monoisotopic (exact) mass is 538 g/mol. The van der Waals surface area contributed by atoms with E-state index in [1.54, 1.807) is 17.0 Å². The molecule has 2 aliphatic rings. The second-order valence-electron chi connectivity index (χ2n) is 9.85. The molecule has 0 saturated carbocycles. The Morgan fingerprint density at radius 3 is 2.53 bits per heavy atom. The number of piperazine rings is 1. The Hall–Kier alpha value is -3.44. The molecule has 2 aromatic heterocycles. The predicted molar refractivity (Wildman–Crippen MR) is 144 cm³/mol. The van der Waals surface area contributed by atoms with Crippen LogP contribution in [0.4, 0.5) is 10.2 Å². The molecular weight excluding hydrogens is 507 g/mol. The average molecular weight is 539 g/mol. The van der Waals surface area contributed by atoms with Crippen molar-refractivity contribution in [2.45, 2.75) is 32.7 Å². The third kappa shape index (κ3) is 5.12. The smallest absolute Gasteiger partial charge is 0.256 e. The Morgan fingerprint density at radius 2 is 1.89 bits per heavy atom. The number of hydrogen-bond acceptors (Lipinski definition) is 8. The van der Waals surface area contributed by atoms with E-state index in [-0.39, 0.29) is 29.0 Å². The fraction of sp³-hybridized carbons (Fsp3) is 0.407. The normalized spacial score (nSPS) is 19.6. The van der Waals surface area contributed by atoms with Crippen LogP contribution in [0.2, 0.25) is 0 Å². The van der Waals surface area contributed by atoms with Crippen molar-refractivity contribution in [3.05, 3.63) is 59.4 Å². The standard InChI is InChI=1S/C27H31FN6O3S/c1-3-23-25(20-6-7-24(29)32-17(20)2)26(31-16-30-23)18-4-5-21(22(28)14-18)27(35)34-11-9-33(10-12-34)19-8-13-38(36,37)15-19/h4-7,14,16,19H,3,8-13,15H2,1-2H3,(H2,29,32). The van der Waals surface area contributed by atoms with Crippen LogP contribution in [-0.2, 0) is 16.3 Å². The third-order valence-corrected chi connectivity index (χ3v) is 9.19. The van der Waals surface area contributed by atoms with Crippen LogP contribution in [0.5, 0.6) is 0 Å². The van der Waals surface area contributed by atoms with Crippen LogP contribution in [0.1, 0.15) is 35.1 Å². The molecule has 200 valence electrons. The lowest BCUT2D eigenvalue weighted by molar-refractivity contribution is 0.0583. The summed E-state index contributed by atoms with van der Waals surface area (Å²) in [5.41, 5.74) is 10.1. The lowest BCUT2D eigenvalue weighted by Gasteiger charge is -2.37. The minimum absolute atomic E-state index is 0.00213. The fourth-order valence-electron chi connectivity index (χ4n) is 5.40. The van der Waals surface area contributed by atoms with Gasteiger partial charge in [0.1, 0.15) is 18.0 Å². The Labute approximate surface area is 221 Å². The molecule has 2 N–H and O–H groups in total. The van der Waals surface area contributed by atoms with Crippen LogP contribution >= 0.6 is 0 Å². The quantitative estimate of drug-likeness (QED) is 0.526. The zero-order valence-electron chi connectivity index (χ0n) is 21.5. The molecule has 1 aromatic carbocycles. The predicted octanol–water partition coefficient (Wildman–Crippen LogP) is 2.74. The van der Waals surface area contributed by atoms with Gasteiger partial charge in [-0.05, 0) is 44.0 Å². The van der Waals surface area contributed by atoms with Crippen LogP contribution < -0.4 is 5.73 Å². The van der Waals surface area contributed by atoms with Gasteiger partial charge >= 0.3 is 0 Å². The van der Waals surface area contributed by atoms with Crippen LogP contribution in [0.25, 0.3) is 22.4 Å². The summed E-state index contributed by atoms with van der Waals surface area (Å²) in [6.45, 7) is 5.85. The van der Waals surface area contributed by atoms with E-state index in [9.17, 15) is 13.2 Å². The number of anilines is 1. The van der Waals surface area contributed by atoms with E-state index in [0.29, 0.717) is 56.1 Å². The van der Waals surface area contributed by atoms with Crippen molar-refractivity contribution < 1.29 is 17.6 Å². The molecule has 0 aliphatic carbocycles. The highest BCUT2D eigenvalue weighted by molar-refractivity contribution is 7.91. The third-order valence-electron chi connectivity index (χ3n) is 7.44. The summed E-state index contributed by atoms with van der Waals surface area (Å²) in [4.78, 5) is 30.2. The number of carbonyl (C=O) groups excluding carboxylic acids is 1. The summed E-state index contributed by atoms with van der Waals surface area (Å²) in [6, 6.07) is 8.15. The summed E-state index contributed by atoms with van der Waals surface area (Å²) < 4.78 is 39.1. The molecule has 3 aromatic rings. The summed E-state index contributed by atoms with van der Waals surface area (Å²) in [6.07, 6.45) is 2.74. The molecule has 2 fully saturated rings. The summed E-state index contributed by atoms with van der Waals surface area (Å²) >= 11 is 0. The van der Waals surface area contributed by atoms with Crippen molar-refractivity contribution >= 4 is 21.6 Å². The number of amides is 1. The molecular formula is C27H31FN6O3S. The first kappa shape index (κ1) is 26.2. The summed E-state index contributed by atoms with van der Waals surface area (Å²) in [5.74, 6) is -0.189. The van der Waals surface area contributed by atoms with Crippen molar-refractivity contribution in [1.29, 1.82) is 0 Å². The van der Waals surface area contributed by atoms with Crippen LogP contribution in [0.3, 0.4) is 0 Å². The number of benzene rings is 1. The second kappa shape index (κ2) is 10.4. The lowest BCUT2D eigenvalue weighted by atomic mass is 9.95. The number of rotatable bonds is 5. The van der Waals surface area contributed by atoms with Gasteiger partial charge in [-0.15, -0.1) is 0 Å². The number of nitrogen functional groups attached to an aromatic ring is 1. The van der Waals surface area contributed by atoms with Crippen molar-refractivity contribution in [3.63, 3.8) is 0 Å². The maximum atomic E-state index is 15.4. The van der Waals surface area contributed by atoms with Gasteiger partial charge in [-0.25, -0.2) is 27.8 Å². The van der Waals surface area contributed by atoms with Gasteiger partial charge in [-0.1, -0.05) is 13.0 Å². The second-order valence-corrected chi connectivity index (χ2v) is 12.1. The van der Waals surface area contributed by atoms with Crippen LogP contribution in [-0.4, -0.2) is 82.8 Å². The van der Waals surface area contributed by atoms with Gasteiger partial charge in [0.2, 0.25) is 0 Å². The molecule has 0 radical (unpaired) electrons. The molecule has 2 aliphatic heterocycles. The number of hydrogen-bond donors (Lipinski definition) is 1. The molecule has 0 bridgehead atoms. The Bertz CT molecular complexity index is 1490. The number of nitrogens with zero attached hydrogens (tertiary/aromatic N) is 5. The van der Waals surface area contributed by atoms with Crippen molar-refractivity contribution in [2.24, 2.45) is 0 Å². The number of halogens is 1. The molecule has 5 rings (SSSR count). The van der Waals surface area contributed by atoms with Crippen molar-refractivity contribution in [3.8, 4) is 22.4 Å². The molecule has 1 atom stereocenters. The van der Waals surface area contributed by atoms with E-state index in [1.165, 1.54) is 18.5 Å². The van der Waals surface area contributed by atoms with Gasteiger partial charge in [-0.3, -0.25) is 9.69 Å². The number of nitrogens with two attached hydrogens (primary N) is 1. The highest BCUT2D eigenvalue weighted by Gasteiger charge is 2.34. The van der Waals surface area contributed by atoms with Crippen LogP contribution in [0.15, 0.2) is 36.7 Å². The minimum Gasteiger partial charge on any atom is -0.384 e. The first-order valence-electron chi connectivity index (χ1n) is 12.8. The van der Waals surface area contributed by atoms with Gasteiger partial charge in [0.05, 0.1) is 28.5 Å². The highest BCUT2D eigenvalue weighted by atomic mass is 32.2. The molecule has 1 unspecified atom stereocenters. The SMILES string of the molecule is CCc1ncnc(-c2ccc(C(=O)N3CCN(C4CCS(=O)(=O)C4)CC3)c(F)c2)c1-c1ccc(N)nc1C. The van der Waals surface area contributed by atoms with Gasteiger partial charge in [0, 0.05) is 54.6 Å². The van der Waals surface area contributed by atoms with E-state index in [2.05, 4.69) is 19.9 Å². The molecule has 1 amide bonds. The zero-order chi connectivity index (χ0) is 27.0. The molecule has 11 heteroatoms. The fourth-order valence-corrected chi connectivity index (χ4v) is 7.16. The Morgan fingerprint density at radius 1 is 1.13 bits per heavy atom. The number of aryl methyl sites for hydroxylation is 2. The van der Waals surface area contributed by atoms with Gasteiger partial charge in [0.15, 0.2) is 9.84 Å². The van der Waals surface area contributed by atoms with E-state index >= 15 is 4.39 Å².